The number of aromatic nitrogens is 1. The predicted octanol–water partition coefficient (Wildman–Crippen LogP) is 1.09. The molecule has 1 rings (SSSR count). The van der Waals surface area contributed by atoms with Gasteiger partial charge < -0.3 is 10.6 Å². The first-order valence-corrected chi connectivity index (χ1v) is 5.80. The molecule has 1 atom stereocenters. The van der Waals surface area contributed by atoms with Gasteiger partial charge in [-0.15, -0.1) is 0 Å². The van der Waals surface area contributed by atoms with Gasteiger partial charge in [-0.2, -0.15) is 0 Å². The first-order valence-electron chi connectivity index (χ1n) is 5.80. The van der Waals surface area contributed by atoms with Gasteiger partial charge in [0.05, 0.1) is 11.2 Å². The lowest BCUT2D eigenvalue weighted by Crippen LogP contribution is -2.68. The summed E-state index contributed by atoms with van der Waals surface area (Å²) in [6, 6.07) is 5.85. The van der Waals surface area contributed by atoms with Gasteiger partial charge in [-0.1, -0.05) is 6.07 Å². The second-order valence-corrected chi connectivity index (χ2v) is 5.33. The fraction of sp³-hybridized carbons (Fsp3) is 0.615. The first kappa shape index (κ1) is 14.1. The summed E-state index contributed by atoms with van der Waals surface area (Å²) >= 11 is 0. The molecule has 1 aromatic heterocycles. The Morgan fingerprint density at radius 3 is 2.00 bits per heavy atom. The van der Waals surface area contributed by atoms with Gasteiger partial charge in [-0.05, 0) is 54.2 Å². The minimum Gasteiger partial charge on any atom is -0.306 e. The van der Waals surface area contributed by atoms with Crippen molar-refractivity contribution in [2.24, 2.45) is 5.73 Å². The summed E-state index contributed by atoms with van der Waals surface area (Å²) < 4.78 is 0. The first-order chi connectivity index (χ1) is 7.74. The van der Waals surface area contributed by atoms with Crippen LogP contribution in [0.5, 0.6) is 0 Å². The number of likely N-dealkylation sites (N-methyl/N-ethyl adjacent to an activating group) is 2. The third-order valence-corrected chi connectivity index (χ3v) is 3.81. The Hall–Kier alpha value is -0.970. The Bertz CT molecular complexity index is 359. The summed E-state index contributed by atoms with van der Waals surface area (Å²) in [5.74, 6) is 0. The second kappa shape index (κ2) is 4.72. The van der Waals surface area contributed by atoms with Gasteiger partial charge >= 0.3 is 0 Å². The summed E-state index contributed by atoms with van der Waals surface area (Å²) in [5, 5.41) is 0. The zero-order chi connectivity index (χ0) is 13.3. The molecule has 0 aromatic carbocycles. The number of rotatable bonds is 4. The molecule has 0 saturated heterocycles. The largest absolute Gasteiger partial charge is 0.306 e. The number of nitrogens with zero attached hydrogens (tertiary/aromatic N) is 3. The molecule has 0 spiro atoms. The predicted molar refractivity (Wildman–Crippen MR) is 71.6 cm³/mol. The molecule has 0 aliphatic carbocycles. The quantitative estimate of drug-likeness (QED) is 0.795. The van der Waals surface area contributed by atoms with Crippen molar-refractivity contribution >= 4 is 0 Å². The van der Waals surface area contributed by atoms with Crippen LogP contribution in [0.1, 0.15) is 19.5 Å². The molecular weight excluding hydrogens is 212 g/mol. The number of pyridine rings is 1. The van der Waals surface area contributed by atoms with E-state index >= 15 is 0 Å². The fourth-order valence-corrected chi connectivity index (χ4v) is 2.02. The van der Waals surface area contributed by atoms with E-state index in [4.69, 9.17) is 5.73 Å². The van der Waals surface area contributed by atoms with E-state index in [-0.39, 0.29) is 5.54 Å². The summed E-state index contributed by atoms with van der Waals surface area (Å²) in [5.41, 5.74) is 6.65. The fourth-order valence-electron chi connectivity index (χ4n) is 2.02. The lowest BCUT2D eigenvalue weighted by Gasteiger charge is -2.51. The molecule has 17 heavy (non-hydrogen) atoms. The van der Waals surface area contributed by atoms with Crippen molar-refractivity contribution in [3.63, 3.8) is 0 Å². The van der Waals surface area contributed by atoms with Crippen LogP contribution in [0.25, 0.3) is 0 Å². The van der Waals surface area contributed by atoms with Crippen molar-refractivity contribution < 1.29 is 0 Å². The van der Waals surface area contributed by atoms with Crippen LogP contribution in [0.4, 0.5) is 0 Å². The lowest BCUT2D eigenvalue weighted by atomic mass is 9.82. The molecule has 4 heteroatoms. The summed E-state index contributed by atoms with van der Waals surface area (Å²) in [7, 11) is 8.04. The van der Waals surface area contributed by atoms with Gasteiger partial charge in [0, 0.05) is 6.20 Å². The van der Waals surface area contributed by atoms with Gasteiger partial charge in [-0.25, -0.2) is 0 Å². The van der Waals surface area contributed by atoms with E-state index in [1.165, 1.54) is 0 Å². The van der Waals surface area contributed by atoms with Crippen LogP contribution in [-0.4, -0.2) is 48.5 Å². The molecule has 0 fully saturated rings. The van der Waals surface area contributed by atoms with Crippen molar-refractivity contribution in [2.45, 2.75) is 25.0 Å². The third-order valence-electron chi connectivity index (χ3n) is 3.81. The second-order valence-electron chi connectivity index (χ2n) is 5.33. The molecule has 1 heterocycles. The van der Waals surface area contributed by atoms with E-state index in [9.17, 15) is 0 Å². The average Bonchev–Trinajstić information content (AvgIpc) is 2.28. The van der Waals surface area contributed by atoms with Crippen LogP contribution in [0.3, 0.4) is 0 Å². The maximum Gasteiger partial charge on any atom is 0.130 e. The van der Waals surface area contributed by atoms with Crippen LogP contribution >= 0.6 is 0 Å². The minimum absolute atomic E-state index is 0.245. The highest BCUT2D eigenvalue weighted by atomic mass is 15.3. The lowest BCUT2D eigenvalue weighted by molar-refractivity contribution is -0.0146. The maximum atomic E-state index is 6.66. The van der Waals surface area contributed by atoms with Gasteiger partial charge in [0.15, 0.2) is 0 Å². The average molecular weight is 236 g/mol. The van der Waals surface area contributed by atoms with Crippen molar-refractivity contribution in [1.29, 1.82) is 0 Å². The molecule has 1 aromatic rings. The number of hydrogen-bond donors (Lipinski definition) is 1. The molecule has 1 unspecified atom stereocenters. The van der Waals surface area contributed by atoms with Crippen LogP contribution in [0.15, 0.2) is 24.4 Å². The van der Waals surface area contributed by atoms with E-state index in [0.717, 1.165) is 5.69 Å². The Labute approximate surface area is 104 Å². The number of nitrogens with two attached hydrogens (primary N) is 1. The molecule has 4 nitrogen and oxygen atoms in total. The Balaban J connectivity index is 3.34. The van der Waals surface area contributed by atoms with Crippen molar-refractivity contribution in [1.82, 2.24) is 14.8 Å². The van der Waals surface area contributed by atoms with Crippen LogP contribution in [0.2, 0.25) is 0 Å². The smallest absolute Gasteiger partial charge is 0.130 e. The van der Waals surface area contributed by atoms with E-state index in [1.54, 1.807) is 6.20 Å². The topological polar surface area (TPSA) is 45.4 Å². The van der Waals surface area contributed by atoms with E-state index in [2.05, 4.69) is 23.7 Å². The van der Waals surface area contributed by atoms with Crippen molar-refractivity contribution in [2.75, 3.05) is 28.2 Å². The molecule has 2 N–H and O–H groups in total. The van der Waals surface area contributed by atoms with Crippen molar-refractivity contribution in [3.8, 4) is 0 Å². The van der Waals surface area contributed by atoms with Gasteiger partial charge in [-0.3, -0.25) is 9.88 Å². The Morgan fingerprint density at radius 2 is 1.65 bits per heavy atom. The normalized spacial score (nSPS) is 16.3. The number of hydrogen-bond acceptors (Lipinski definition) is 4. The van der Waals surface area contributed by atoms with Gasteiger partial charge in [0.25, 0.3) is 0 Å². The minimum atomic E-state index is -0.641. The highest BCUT2D eigenvalue weighted by Gasteiger charge is 2.47. The zero-order valence-corrected chi connectivity index (χ0v) is 11.7. The summed E-state index contributed by atoms with van der Waals surface area (Å²) in [6.07, 6.45) is 1.78. The zero-order valence-electron chi connectivity index (χ0n) is 11.7. The summed E-state index contributed by atoms with van der Waals surface area (Å²) in [4.78, 5) is 8.58. The highest BCUT2D eigenvalue weighted by molar-refractivity contribution is 5.20. The molecule has 0 radical (unpaired) electrons. The molecular formula is C13H24N4. The van der Waals surface area contributed by atoms with E-state index in [0.29, 0.717) is 0 Å². The Kier molecular flexibility index (Phi) is 3.91. The molecule has 96 valence electrons. The van der Waals surface area contributed by atoms with Crippen LogP contribution < -0.4 is 5.73 Å². The SMILES string of the molecule is CN(C)C(C)(C)C(N)(c1ccccn1)N(C)C. The van der Waals surface area contributed by atoms with Crippen LogP contribution in [0, 0.1) is 0 Å². The van der Waals surface area contributed by atoms with E-state index < -0.39 is 5.66 Å². The monoisotopic (exact) mass is 236 g/mol. The van der Waals surface area contributed by atoms with E-state index in [1.807, 2.05) is 51.3 Å². The third kappa shape index (κ3) is 2.20. The van der Waals surface area contributed by atoms with Crippen molar-refractivity contribution in [3.05, 3.63) is 30.1 Å². The summed E-state index contributed by atoms with van der Waals surface area (Å²) in [6.45, 7) is 4.25. The molecule has 0 saturated carbocycles. The molecule has 0 aliphatic heterocycles. The standard InChI is InChI=1S/C13H24N4/c1-12(2,16(3)4)13(14,17(5)6)11-9-7-8-10-15-11/h7-10H,14H2,1-6H3. The Morgan fingerprint density at radius 1 is 1.06 bits per heavy atom. The van der Waals surface area contributed by atoms with Gasteiger partial charge in [0.2, 0.25) is 0 Å². The maximum absolute atomic E-state index is 6.66. The molecule has 0 bridgehead atoms. The van der Waals surface area contributed by atoms with Gasteiger partial charge in [0.1, 0.15) is 5.66 Å². The molecule has 0 aliphatic rings. The molecule has 0 amide bonds. The van der Waals surface area contributed by atoms with Crippen LogP contribution in [-0.2, 0) is 5.66 Å². The highest BCUT2D eigenvalue weighted by Crippen LogP contribution is 2.34.